The van der Waals surface area contributed by atoms with E-state index in [1.54, 1.807) is 26.4 Å². The van der Waals surface area contributed by atoms with E-state index in [9.17, 15) is 5.11 Å². The molecule has 1 aromatic carbocycles. The molecule has 0 saturated carbocycles. The van der Waals surface area contributed by atoms with Crippen LogP contribution in [-0.2, 0) is 0 Å². The molecule has 4 nitrogen and oxygen atoms in total. The Morgan fingerprint density at radius 1 is 1.28 bits per heavy atom. The van der Waals surface area contributed by atoms with E-state index in [0.717, 1.165) is 10.0 Å². The summed E-state index contributed by atoms with van der Waals surface area (Å²) in [6, 6.07) is 3.12. The summed E-state index contributed by atoms with van der Waals surface area (Å²) in [6.45, 7) is 1.89. The Balaban J connectivity index is 0.00000289. The summed E-state index contributed by atoms with van der Waals surface area (Å²) in [5.41, 5.74) is 6.79. The van der Waals surface area contributed by atoms with Crippen LogP contribution in [0, 0.1) is 0 Å². The smallest absolute Gasteiger partial charge is 0.161 e. The van der Waals surface area contributed by atoms with Crippen LogP contribution in [0.4, 0.5) is 0 Å². The van der Waals surface area contributed by atoms with Crippen molar-refractivity contribution in [2.45, 2.75) is 25.5 Å². The predicted octanol–water partition coefficient (Wildman–Crippen LogP) is 2.66. The van der Waals surface area contributed by atoms with E-state index in [0.29, 0.717) is 17.9 Å². The number of hydrogen-bond acceptors (Lipinski definition) is 4. The van der Waals surface area contributed by atoms with Crippen LogP contribution >= 0.6 is 28.3 Å². The number of rotatable bonds is 5. The number of hydrogen-bond donors (Lipinski definition) is 2. The SMILES string of the molecule is CC[C@H](O)[C@H](N)c1cc(OC)c(OC)cc1Br.Cl. The number of aliphatic hydroxyl groups is 1. The van der Waals surface area contributed by atoms with Crippen LogP contribution in [0.1, 0.15) is 24.9 Å². The van der Waals surface area contributed by atoms with E-state index in [-0.39, 0.29) is 12.4 Å². The number of aliphatic hydroxyl groups excluding tert-OH is 1. The van der Waals surface area contributed by atoms with Crippen molar-refractivity contribution in [1.82, 2.24) is 0 Å². The molecule has 0 fully saturated rings. The van der Waals surface area contributed by atoms with Crippen molar-refractivity contribution in [1.29, 1.82) is 0 Å². The average Bonchev–Trinajstić information content (AvgIpc) is 2.36. The van der Waals surface area contributed by atoms with Crippen LogP contribution in [0.5, 0.6) is 11.5 Å². The maximum atomic E-state index is 9.78. The molecule has 0 bridgehead atoms. The fourth-order valence-electron chi connectivity index (χ4n) is 1.59. The molecule has 0 radical (unpaired) electrons. The van der Waals surface area contributed by atoms with Crippen LogP contribution in [0.15, 0.2) is 16.6 Å². The van der Waals surface area contributed by atoms with Gasteiger partial charge < -0.3 is 20.3 Å². The second kappa shape index (κ2) is 7.84. The monoisotopic (exact) mass is 339 g/mol. The Bertz CT molecular complexity index is 390. The van der Waals surface area contributed by atoms with Gasteiger partial charge in [-0.2, -0.15) is 0 Å². The predicted molar refractivity (Wildman–Crippen MR) is 77.7 cm³/mol. The van der Waals surface area contributed by atoms with Gasteiger partial charge in [-0.25, -0.2) is 0 Å². The van der Waals surface area contributed by atoms with Crippen LogP contribution in [0.3, 0.4) is 0 Å². The van der Waals surface area contributed by atoms with E-state index in [1.807, 2.05) is 6.92 Å². The summed E-state index contributed by atoms with van der Waals surface area (Å²) in [6.07, 6.45) is 0.0199. The Morgan fingerprint density at radius 2 is 1.78 bits per heavy atom. The third-order valence-electron chi connectivity index (χ3n) is 2.69. The molecular weight excluding hydrogens is 321 g/mol. The molecule has 0 amide bonds. The lowest BCUT2D eigenvalue weighted by Gasteiger charge is -2.20. The molecule has 0 aliphatic carbocycles. The first-order valence-corrected chi connectivity index (χ1v) is 6.19. The van der Waals surface area contributed by atoms with Crippen molar-refractivity contribution in [2.24, 2.45) is 5.73 Å². The van der Waals surface area contributed by atoms with Crippen LogP contribution in [0.25, 0.3) is 0 Å². The van der Waals surface area contributed by atoms with Gasteiger partial charge in [0.05, 0.1) is 26.4 Å². The van der Waals surface area contributed by atoms with Crippen molar-refractivity contribution < 1.29 is 14.6 Å². The van der Waals surface area contributed by atoms with Crippen molar-refractivity contribution in [3.05, 3.63) is 22.2 Å². The van der Waals surface area contributed by atoms with E-state index in [1.165, 1.54) is 0 Å². The minimum absolute atomic E-state index is 0. The van der Waals surface area contributed by atoms with Gasteiger partial charge in [-0.05, 0) is 24.1 Å². The third kappa shape index (κ3) is 3.75. The molecule has 3 N–H and O–H groups in total. The van der Waals surface area contributed by atoms with E-state index >= 15 is 0 Å². The molecule has 1 rings (SSSR count). The Kier molecular flexibility index (Phi) is 7.62. The fourth-order valence-corrected chi connectivity index (χ4v) is 2.17. The molecule has 0 unspecified atom stereocenters. The minimum atomic E-state index is -0.579. The summed E-state index contributed by atoms with van der Waals surface area (Å²) in [4.78, 5) is 0. The van der Waals surface area contributed by atoms with Crippen LogP contribution in [-0.4, -0.2) is 25.4 Å². The Labute approximate surface area is 122 Å². The van der Waals surface area contributed by atoms with E-state index in [2.05, 4.69) is 15.9 Å². The molecule has 104 valence electrons. The number of halogens is 2. The van der Waals surface area contributed by atoms with Gasteiger partial charge in [-0.15, -0.1) is 12.4 Å². The molecule has 18 heavy (non-hydrogen) atoms. The Hall–Kier alpha value is -0.490. The first-order valence-electron chi connectivity index (χ1n) is 5.40. The molecule has 0 spiro atoms. The van der Waals surface area contributed by atoms with E-state index in [4.69, 9.17) is 15.2 Å². The van der Waals surface area contributed by atoms with Gasteiger partial charge in [0.15, 0.2) is 11.5 Å². The largest absolute Gasteiger partial charge is 0.493 e. The number of ether oxygens (including phenoxy) is 2. The number of benzene rings is 1. The third-order valence-corrected chi connectivity index (χ3v) is 3.38. The lowest BCUT2D eigenvalue weighted by molar-refractivity contribution is 0.140. The maximum absolute atomic E-state index is 9.78. The average molecular weight is 341 g/mol. The van der Waals surface area contributed by atoms with Gasteiger partial charge in [-0.3, -0.25) is 0 Å². The highest BCUT2D eigenvalue weighted by Gasteiger charge is 2.20. The molecule has 2 atom stereocenters. The molecule has 0 aromatic heterocycles. The highest BCUT2D eigenvalue weighted by molar-refractivity contribution is 9.10. The van der Waals surface area contributed by atoms with Gasteiger partial charge in [-0.1, -0.05) is 22.9 Å². The van der Waals surface area contributed by atoms with Crippen molar-refractivity contribution in [3.8, 4) is 11.5 Å². The van der Waals surface area contributed by atoms with Gasteiger partial charge in [0, 0.05) is 4.47 Å². The molecular formula is C12H19BrClNO3. The lowest BCUT2D eigenvalue weighted by Crippen LogP contribution is -2.25. The number of methoxy groups -OCH3 is 2. The zero-order valence-electron chi connectivity index (χ0n) is 10.6. The highest BCUT2D eigenvalue weighted by Crippen LogP contribution is 2.36. The van der Waals surface area contributed by atoms with Crippen LogP contribution in [0.2, 0.25) is 0 Å². The van der Waals surface area contributed by atoms with Gasteiger partial charge in [0.2, 0.25) is 0 Å². The molecule has 1 aromatic rings. The lowest BCUT2D eigenvalue weighted by atomic mass is 10.0. The molecule has 0 aliphatic heterocycles. The molecule has 0 heterocycles. The summed E-state index contributed by atoms with van der Waals surface area (Å²) >= 11 is 3.42. The van der Waals surface area contributed by atoms with E-state index < -0.39 is 12.1 Å². The normalized spacial score (nSPS) is 13.4. The van der Waals surface area contributed by atoms with Crippen molar-refractivity contribution >= 4 is 28.3 Å². The maximum Gasteiger partial charge on any atom is 0.161 e. The van der Waals surface area contributed by atoms with Gasteiger partial charge in [0.25, 0.3) is 0 Å². The summed E-state index contributed by atoms with van der Waals surface area (Å²) in [7, 11) is 3.14. The zero-order chi connectivity index (χ0) is 13.0. The van der Waals surface area contributed by atoms with Crippen molar-refractivity contribution in [2.75, 3.05) is 14.2 Å². The second-order valence-corrected chi connectivity index (χ2v) is 4.58. The minimum Gasteiger partial charge on any atom is -0.493 e. The van der Waals surface area contributed by atoms with Gasteiger partial charge in [0.1, 0.15) is 0 Å². The standard InChI is InChI=1S/C12H18BrNO3.ClH/c1-4-9(15)12(14)7-5-10(16-2)11(17-3)6-8(7)13;/h5-6,9,12,15H,4,14H2,1-3H3;1H/t9-,12+;/m0./s1. The topological polar surface area (TPSA) is 64.7 Å². The fraction of sp³-hybridized carbons (Fsp3) is 0.500. The zero-order valence-corrected chi connectivity index (χ0v) is 13.0. The van der Waals surface area contributed by atoms with Crippen LogP contribution < -0.4 is 15.2 Å². The highest BCUT2D eigenvalue weighted by atomic mass is 79.9. The first-order chi connectivity index (χ1) is 8.04. The molecule has 6 heteroatoms. The quantitative estimate of drug-likeness (QED) is 0.865. The summed E-state index contributed by atoms with van der Waals surface area (Å²) in [5, 5.41) is 9.78. The summed E-state index contributed by atoms with van der Waals surface area (Å²) < 4.78 is 11.2. The first kappa shape index (κ1) is 17.5. The Morgan fingerprint density at radius 3 is 2.22 bits per heavy atom. The number of nitrogens with two attached hydrogens (primary N) is 1. The second-order valence-electron chi connectivity index (χ2n) is 3.73. The van der Waals surface area contributed by atoms with Gasteiger partial charge >= 0.3 is 0 Å². The summed E-state index contributed by atoms with van der Waals surface area (Å²) in [5.74, 6) is 1.23. The van der Waals surface area contributed by atoms with Crippen molar-refractivity contribution in [3.63, 3.8) is 0 Å². The molecule has 0 saturated heterocycles. The molecule has 0 aliphatic rings.